The van der Waals surface area contributed by atoms with E-state index >= 15 is 0 Å². The first-order chi connectivity index (χ1) is 11.7. The summed E-state index contributed by atoms with van der Waals surface area (Å²) in [6.45, 7) is 2.94. The van der Waals surface area contributed by atoms with E-state index in [2.05, 4.69) is 0 Å². The maximum Gasteiger partial charge on any atom is 0.183 e. The van der Waals surface area contributed by atoms with Crippen molar-refractivity contribution in [3.63, 3.8) is 0 Å². The molecule has 24 heavy (non-hydrogen) atoms. The third-order valence-electron chi connectivity index (χ3n) is 4.33. The van der Waals surface area contributed by atoms with Crippen molar-refractivity contribution in [2.75, 3.05) is 19.8 Å². The van der Waals surface area contributed by atoms with Crippen LogP contribution < -0.4 is 0 Å². The van der Waals surface area contributed by atoms with Gasteiger partial charge >= 0.3 is 0 Å². The molecule has 0 saturated carbocycles. The van der Waals surface area contributed by atoms with Crippen LogP contribution >= 0.6 is 0 Å². The molecule has 4 nitrogen and oxygen atoms in total. The van der Waals surface area contributed by atoms with E-state index in [1.807, 2.05) is 60.7 Å². The molecule has 4 heteroatoms. The number of carbonyl (C=O) groups is 1. The Bertz CT molecular complexity index is 640. The van der Waals surface area contributed by atoms with Crippen LogP contribution in [0.25, 0.3) is 0 Å². The number of rotatable bonds is 6. The van der Waals surface area contributed by atoms with Crippen molar-refractivity contribution in [1.29, 1.82) is 0 Å². The molecule has 0 N–H and O–H groups in total. The lowest BCUT2D eigenvalue weighted by atomic mass is 9.86. The van der Waals surface area contributed by atoms with Gasteiger partial charge in [0.15, 0.2) is 6.29 Å². The molecule has 1 aliphatic heterocycles. The number of ether oxygens (including phenoxy) is 3. The number of hydrogen-bond donors (Lipinski definition) is 0. The molecule has 1 saturated heterocycles. The van der Waals surface area contributed by atoms with Gasteiger partial charge in [0.25, 0.3) is 0 Å². The van der Waals surface area contributed by atoms with Gasteiger partial charge in [0.1, 0.15) is 5.78 Å². The van der Waals surface area contributed by atoms with Crippen LogP contribution in [0, 0.1) is 5.41 Å². The first-order valence-corrected chi connectivity index (χ1v) is 8.10. The highest BCUT2D eigenvalue weighted by Gasteiger charge is 2.42. The van der Waals surface area contributed by atoms with Crippen LogP contribution in [0.1, 0.15) is 24.3 Å². The van der Waals surface area contributed by atoms with Gasteiger partial charge in [-0.2, -0.15) is 0 Å². The van der Waals surface area contributed by atoms with Crippen molar-refractivity contribution in [1.82, 2.24) is 0 Å². The van der Waals surface area contributed by atoms with Gasteiger partial charge in [-0.3, -0.25) is 4.79 Å². The molecule has 126 valence electrons. The number of ketones is 1. The van der Waals surface area contributed by atoms with Crippen LogP contribution in [-0.4, -0.2) is 25.6 Å². The zero-order valence-corrected chi connectivity index (χ0v) is 13.8. The Morgan fingerprint density at radius 1 is 1.04 bits per heavy atom. The highest BCUT2D eigenvalue weighted by molar-refractivity contribution is 5.83. The molecule has 0 aromatic heterocycles. The molecular formula is C20H22O4. The Hall–Kier alpha value is -2.01. The smallest absolute Gasteiger partial charge is 0.183 e. The van der Waals surface area contributed by atoms with Gasteiger partial charge in [0, 0.05) is 5.56 Å². The van der Waals surface area contributed by atoms with Gasteiger partial charge in [0.2, 0.25) is 0 Å². The summed E-state index contributed by atoms with van der Waals surface area (Å²) >= 11 is 0. The molecule has 0 aliphatic carbocycles. The quantitative estimate of drug-likeness (QED) is 0.815. The summed E-state index contributed by atoms with van der Waals surface area (Å²) in [7, 11) is 0. The first-order valence-electron chi connectivity index (χ1n) is 8.10. The number of carbonyl (C=O) groups excluding carboxylic acids is 1. The average Bonchev–Trinajstić information content (AvgIpc) is 2.64. The minimum Gasteiger partial charge on any atom is -0.376 e. The van der Waals surface area contributed by atoms with Crippen LogP contribution in [0.5, 0.6) is 0 Å². The van der Waals surface area contributed by atoms with Gasteiger partial charge in [-0.1, -0.05) is 60.7 Å². The van der Waals surface area contributed by atoms with E-state index in [0.717, 1.165) is 11.1 Å². The van der Waals surface area contributed by atoms with Crippen LogP contribution in [0.15, 0.2) is 60.7 Å². The molecule has 0 atom stereocenters. The molecule has 3 rings (SSSR count). The van der Waals surface area contributed by atoms with Gasteiger partial charge in [0.05, 0.1) is 31.8 Å². The topological polar surface area (TPSA) is 44.8 Å². The van der Waals surface area contributed by atoms with E-state index < -0.39 is 11.7 Å². The average molecular weight is 326 g/mol. The molecule has 0 bridgehead atoms. The maximum absolute atomic E-state index is 12.2. The summed E-state index contributed by atoms with van der Waals surface area (Å²) in [4.78, 5) is 12.2. The summed E-state index contributed by atoms with van der Waals surface area (Å²) < 4.78 is 17.4. The van der Waals surface area contributed by atoms with Crippen LogP contribution in [0.3, 0.4) is 0 Å². The fraction of sp³-hybridized carbons (Fsp3) is 0.350. The van der Waals surface area contributed by atoms with E-state index in [0.29, 0.717) is 26.4 Å². The monoisotopic (exact) mass is 326 g/mol. The second-order valence-corrected chi connectivity index (χ2v) is 6.18. The Balaban J connectivity index is 1.58. The second-order valence-electron chi connectivity index (χ2n) is 6.18. The van der Waals surface area contributed by atoms with E-state index in [4.69, 9.17) is 14.2 Å². The SMILES string of the molecule is CC(=O)C1(COCc2ccccc2)COC(c2ccccc2)OC1. The summed E-state index contributed by atoms with van der Waals surface area (Å²) in [6, 6.07) is 19.6. The van der Waals surface area contributed by atoms with Crippen molar-refractivity contribution in [2.45, 2.75) is 19.8 Å². The lowest BCUT2D eigenvalue weighted by molar-refractivity contribution is -0.239. The zero-order chi connectivity index (χ0) is 16.8. The van der Waals surface area contributed by atoms with E-state index in [1.165, 1.54) is 0 Å². The Morgan fingerprint density at radius 3 is 2.21 bits per heavy atom. The number of Topliss-reactive ketones (excluding diaryl/α,β-unsaturated/α-hetero) is 1. The van der Waals surface area contributed by atoms with Gasteiger partial charge in [-0.25, -0.2) is 0 Å². The largest absolute Gasteiger partial charge is 0.376 e. The van der Waals surface area contributed by atoms with Crippen molar-refractivity contribution in [3.05, 3.63) is 71.8 Å². The zero-order valence-electron chi connectivity index (χ0n) is 13.8. The van der Waals surface area contributed by atoms with Gasteiger partial charge < -0.3 is 14.2 Å². The fourth-order valence-corrected chi connectivity index (χ4v) is 2.69. The number of hydrogen-bond acceptors (Lipinski definition) is 4. The lowest BCUT2D eigenvalue weighted by Crippen LogP contribution is -2.47. The molecule has 2 aromatic rings. The van der Waals surface area contributed by atoms with Crippen molar-refractivity contribution in [2.24, 2.45) is 5.41 Å². The summed E-state index contributed by atoms with van der Waals surface area (Å²) in [5, 5.41) is 0. The minimum absolute atomic E-state index is 0.0297. The standard InChI is InChI=1S/C20H22O4/c1-16(21)20(13-22-12-17-8-4-2-5-9-17)14-23-19(24-15-20)18-10-6-3-7-11-18/h2-11,19H,12-15H2,1H3. The van der Waals surface area contributed by atoms with Gasteiger partial charge in [-0.05, 0) is 12.5 Å². The van der Waals surface area contributed by atoms with Crippen LogP contribution in [-0.2, 0) is 25.6 Å². The second kappa shape index (κ2) is 7.71. The summed E-state index contributed by atoms with van der Waals surface area (Å²) in [5.41, 5.74) is 1.30. The maximum atomic E-state index is 12.2. The minimum atomic E-state index is -0.736. The molecular weight excluding hydrogens is 304 g/mol. The Labute approximate surface area is 142 Å². The molecule has 1 heterocycles. The Kier molecular flexibility index (Phi) is 5.41. The van der Waals surface area contributed by atoms with E-state index in [1.54, 1.807) is 6.92 Å². The highest BCUT2D eigenvalue weighted by Crippen LogP contribution is 2.33. The van der Waals surface area contributed by atoms with Crippen molar-refractivity contribution >= 4 is 5.78 Å². The normalized spacial score (nSPS) is 23.8. The Morgan fingerprint density at radius 2 is 1.62 bits per heavy atom. The molecule has 0 amide bonds. The fourth-order valence-electron chi connectivity index (χ4n) is 2.69. The highest BCUT2D eigenvalue weighted by atomic mass is 16.7. The van der Waals surface area contributed by atoms with Gasteiger partial charge in [-0.15, -0.1) is 0 Å². The third-order valence-corrected chi connectivity index (χ3v) is 4.33. The molecule has 2 aromatic carbocycles. The summed E-state index contributed by atoms with van der Waals surface area (Å²) in [5.74, 6) is 0.0297. The molecule has 0 spiro atoms. The van der Waals surface area contributed by atoms with E-state index in [9.17, 15) is 4.79 Å². The summed E-state index contributed by atoms with van der Waals surface area (Å²) in [6.07, 6.45) is -0.423. The molecule has 1 aliphatic rings. The molecule has 1 fully saturated rings. The first kappa shape index (κ1) is 16.8. The van der Waals surface area contributed by atoms with E-state index in [-0.39, 0.29) is 5.78 Å². The van der Waals surface area contributed by atoms with Crippen LogP contribution in [0.4, 0.5) is 0 Å². The predicted molar refractivity (Wildman–Crippen MR) is 90.3 cm³/mol. The third kappa shape index (κ3) is 3.90. The van der Waals surface area contributed by atoms with Crippen molar-refractivity contribution in [3.8, 4) is 0 Å². The lowest BCUT2D eigenvalue weighted by Gasteiger charge is -2.38. The molecule has 0 unspecified atom stereocenters. The molecule has 0 radical (unpaired) electrons. The predicted octanol–water partition coefficient (Wildman–Crippen LogP) is 3.52. The van der Waals surface area contributed by atoms with Crippen LogP contribution in [0.2, 0.25) is 0 Å². The van der Waals surface area contributed by atoms with Crippen molar-refractivity contribution < 1.29 is 19.0 Å². The number of benzene rings is 2.